The van der Waals surface area contributed by atoms with Gasteiger partial charge in [-0.1, -0.05) is 25.5 Å². The van der Waals surface area contributed by atoms with Crippen LogP contribution in [0.1, 0.15) is 42.6 Å². The Morgan fingerprint density at radius 3 is 2.57 bits per heavy atom. The van der Waals surface area contributed by atoms with Gasteiger partial charge in [0.05, 0.1) is 5.37 Å². The van der Waals surface area contributed by atoms with Crippen molar-refractivity contribution in [2.75, 3.05) is 5.75 Å². The number of hydrogen-bond acceptors (Lipinski definition) is 3. The van der Waals surface area contributed by atoms with Crippen molar-refractivity contribution in [3.63, 3.8) is 0 Å². The molecule has 0 spiro atoms. The van der Waals surface area contributed by atoms with Gasteiger partial charge in [0.2, 0.25) is 0 Å². The lowest BCUT2D eigenvalue weighted by Crippen LogP contribution is -2.44. The summed E-state index contributed by atoms with van der Waals surface area (Å²) >= 11 is 1.50. The van der Waals surface area contributed by atoms with Gasteiger partial charge in [-0.3, -0.25) is 4.79 Å². The van der Waals surface area contributed by atoms with Crippen molar-refractivity contribution in [2.45, 2.75) is 44.5 Å². The third kappa shape index (κ3) is 3.59. The summed E-state index contributed by atoms with van der Waals surface area (Å²) in [5.41, 5.74) is 1.78. The number of carboxylic acid groups (broad SMARTS) is 1. The maximum atomic E-state index is 12.5. The van der Waals surface area contributed by atoms with E-state index in [-0.39, 0.29) is 11.3 Å². The molecule has 0 aromatic heterocycles. The first-order valence-corrected chi connectivity index (χ1v) is 8.35. The molecule has 2 unspecified atom stereocenters. The average Bonchev–Trinajstić information content (AvgIpc) is 2.87. The average molecular weight is 307 g/mol. The highest BCUT2D eigenvalue weighted by molar-refractivity contribution is 8.00. The van der Waals surface area contributed by atoms with E-state index in [1.165, 1.54) is 22.2 Å². The van der Waals surface area contributed by atoms with Gasteiger partial charge in [-0.2, -0.15) is 0 Å². The van der Waals surface area contributed by atoms with Crippen LogP contribution in [-0.4, -0.2) is 39.1 Å². The van der Waals surface area contributed by atoms with E-state index in [0.717, 1.165) is 19.3 Å². The highest BCUT2D eigenvalue weighted by atomic mass is 32.2. The summed E-state index contributed by atoms with van der Waals surface area (Å²) in [7, 11) is 0. The highest BCUT2D eigenvalue weighted by Gasteiger charge is 2.39. The summed E-state index contributed by atoms with van der Waals surface area (Å²) in [6, 6.07) is 6.82. The Balaban J connectivity index is 2.13. The van der Waals surface area contributed by atoms with E-state index in [1.54, 1.807) is 0 Å². The van der Waals surface area contributed by atoms with Crippen LogP contribution >= 0.6 is 11.8 Å². The summed E-state index contributed by atoms with van der Waals surface area (Å²) in [6.45, 7) is 4.03. The molecule has 21 heavy (non-hydrogen) atoms. The second-order valence-corrected chi connectivity index (χ2v) is 6.65. The fourth-order valence-electron chi connectivity index (χ4n) is 2.49. The van der Waals surface area contributed by atoms with E-state index < -0.39 is 12.0 Å². The number of nitrogens with zero attached hydrogens (tertiary/aromatic N) is 1. The molecule has 1 aromatic rings. The SMILES string of the molecule is CCCCc1ccc(C(=O)N2C(C)SCC2C(=O)O)cc1. The first-order chi connectivity index (χ1) is 10.0. The molecule has 114 valence electrons. The smallest absolute Gasteiger partial charge is 0.327 e. The summed E-state index contributed by atoms with van der Waals surface area (Å²) in [6.07, 6.45) is 3.29. The van der Waals surface area contributed by atoms with E-state index in [0.29, 0.717) is 11.3 Å². The zero-order valence-corrected chi connectivity index (χ0v) is 13.2. The van der Waals surface area contributed by atoms with Gasteiger partial charge in [0.15, 0.2) is 0 Å². The molecule has 1 aliphatic rings. The number of carbonyl (C=O) groups excluding carboxylic acids is 1. The molecule has 5 heteroatoms. The molecule has 1 heterocycles. The van der Waals surface area contributed by atoms with Crippen LogP contribution in [0.5, 0.6) is 0 Å². The van der Waals surface area contributed by atoms with Crippen LogP contribution in [0.4, 0.5) is 0 Å². The monoisotopic (exact) mass is 307 g/mol. The summed E-state index contributed by atoms with van der Waals surface area (Å²) in [5, 5.41) is 9.13. The van der Waals surface area contributed by atoms with Gasteiger partial charge in [0.1, 0.15) is 6.04 Å². The van der Waals surface area contributed by atoms with Crippen LogP contribution in [-0.2, 0) is 11.2 Å². The van der Waals surface area contributed by atoms with Gasteiger partial charge in [-0.25, -0.2) is 4.79 Å². The largest absolute Gasteiger partial charge is 0.480 e. The predicted molar refractivity (Wildman–Crippen MR) is 84.6 cm³/mol. The molecule has 2 atom stereocenters. The van der Waals surface area contributed by atoms with E-state index >= 15 is 0 Å². The minimum absolute atomic E-state index is 0.0987. The number of carbonyl (C=O) groups is 2. The van der Waals surface area contributed by atoms with Crippen molar-refractivity contribution in [3.05, 3.63) is 35.4 Å². The molecule has 0 radical (unpaired) electrons. The van der Waals surface area contributed by atoms with E-state index in [4.69, 9.17) is 0 Å². The number of amides is 1. The van der Waals surface area contributed by atoms with E-state index in [2.05, 4.69) is 6.92 Å². The molecule has 0 aliphatic carbocycles. The summed E-state index contributed by atoms with van der Waals surface area (Å²) < 4.78 is 0. The molecular formula is C16H21NO3S. The lowest BCUT2D eigenvalue weighted by molar-refractivity contribution is -0.141. The van der Waals surface area contributed by atoms with Gasteiger partial charge in [-0.05, 0) is 37.5 Å². The van der Waals surface area contributed by atoms with Crippen molar-refractivity contribution in [1.82, 2.24) is 4.90 Å². The van der Waals surface area contributed by atoms with Crippen molar-refractivity contribution >= 4 is 23.6 Å². The fraction of sp³-hybridized carbons (Fsp3) is 0.500. The number of aliphatic carboxylic acids is 1. The molecule has 1 aliphatic heterocycles. The van der Waals surface area contributed by atoms with Crippen LogP contribution in [0.3, 0.4) is 0 Å². The quantitative estimate of drug-likeness (QED) is 0.908. The lowest BCUT2D eigenvalue weighted by Gasteiger charge is -2.25. The third-order valence-corrected chi connectivity index (χ3v) is 4.98. The number of aryl methyl sites for hydroxylation is 1. The Hall–Kier alpha value is -1.49. The standard InChI is InChI=1S/C16H21NO3S/c1-3-4-5-12-6-8-13(9-7-12)15(18)17-11(2)21-10-14(17)16(19)20/h6-9,11,14H,3-5,10H2,1-2H3,(H,19,20). The minimum Gasteiger partial charge on any atom is -0.480 e. The number of thioether (sulfide) groups is 1. The Labute approximate surface area is 129 Å². The van der Waals surface area contributed by atoms with Crippen molar-refractivity contribution in [1.29, 1.82) is 0 Å². The van der Waals surface area contributed by atoms with Crippen LogP contribution < -0.4 is 0 Å². The molecule has 1 aromatic carbocycles. The van der Waals surface area contributed by atoms with Crippen LogP contribution in [0.2, 0.25) is 0 Å². The number of unbranched alkanes of at least 4 members (excludes halogenated alkanes) is 1. The van der Waals surface area contributed by atoms with Crippen LogP contribution in [0.25, 0.3) is 0 Å². The molecule has 1 N–H and O–H groups in total. The van der Waals surface area contributed by atoms with Gasteiger partial charge in [0, 0.05) is 11.3 Å². The molecule has 4 nitrogen and oxygen atoms in total. The fourth-order valence-corrected chi connectivity index (χ4v) is 3.65. The maximum absolute atomic E-state index is 12.5. The maximum Gasteiger partial charge on any atom is 0.327 e. The van der Waals surface area contributed by atoms with Crippen molar-refractivity contribution in [2.24, 2.45) is 0 Å². The van der Waals surface area contributed by atoms with Crippen molar-refractivity contribution < 1.29 is 14.7 Å². The zero-order valence-electron chi connectivity index (χ0n) is 12.4. The second-order valence-electron chi connectivity index (χ2n) is 5.30. The Morgan fingerprint density at radius 2 is 2.00 bits per heavy atom. The first kappa shape index (κ1) is 15.9. The summed E-state index contributed by atoms with van der Waals surface area (Å²) in [4.78, 5) is 25.3. The normalized spacial score (nSPS) is 21.5. The molecular weight excluding hydrogens is 286 g/mol. The topological polar surface area (TPSA) is 57.6 Å². The van der Waals surface area contributed by atoms with Gasteiger partial charge >= 0.3 is 5.97 Å². The minimum atomic E-state index is -0.931. The van der Waals surface area contributed by atoms with Crippen LogP contribution in [0, 0.1) is 0 Å². The highest BCUT2D eigenvalue weighted by Crippen LogP contribution is 2.30. The number of benzene rings is 1. The number of carboxylic acids is 1. The number of rotatable bonds is 5. The first-order valence-electron chi connectivity index (χ1n) is 7.30. The molecule has 0 saturated carbocycles. The number of hydrogen-bond donors (Lipinski definition) is 1. The molecule has 2 rings (SSSR count). The zero-order chi connectivity index (χ0) is 15.4. The molecule has 1 fully saturated rings. The van der Waals surface area contributed by atoms with Gasteiger partial charge in [0.25, 0.3) is 5.91 Å². The molecule has 0 bridgehead atoms. The predicted octanol–water partition coefficient (Wildman–Crippen LogP) is 3.02. The molecule has 1 saturated heterocycles. The van der Waals surface area contributed by atoms with Gasteiger partial charge < -0.3 is 10.0 Å². The summed E-state index contributed by atoms with van der Waals surface area (Å²) in [5.74, 6) is -0.668. The Morgan fingerprint density at radius 1 is 1.33 bits per heavy atom. The molecule has 1 amide bonds. The lowest BCUT2D eigenvalue weighted by atomic mass is 10.1. The van der Waals surface area contributed by atoms with E-state index in [9.17, 15) is 14.7 Å². The van der Waals surface area contributed by atoms with Crippen molar-refractivity contribution in [3.8, 4) is 0 Å². The Bertz CT molecular complexity index is 515. The Kier molecular flexibility index (Phi) is 5.28. The second kappa shape index (κ2) is 6.98. The third-order valence-electron chi connectivity index (χ3n) is 3.76. The van der Waals surface area contributed by atoms with Crippen LogP contribution in [0.15, 0.2) is 24.3 Å². The van der Waals surface area contributed by atoms with Gasteiger partial charge in [-0.15, -0.1) is 11.8 Å². The van der Waals surface area contributed by atoms with E-state index in [1.807, 2.05) is 31.2 Å².